The van der Waals surface area contributed by atoms with Crippen molar-refractivity contribution in [1.29, 1.82) is 0 Å². The first-order valence-electron chi connectivity index (χ1n) is 6.06. The zero-order chi connectivity index (χ0) is 13.5. The lowest BCUT2D eigenvalue weighted by atomic mass is 10.2. The van der Waals surface area contributed by atoms with Gasteiger partial charge in [-0.1, -0.05) is 0 Å². The molecular weight excluding hydrogens is 248 g/mol. The van der Waals surface area contributed by atoms with Crippen molar-refractivity contribution < 1.29 is 9.90 Å². The van der Waals surface area contributed by atoms with E-state index >= 15 is 0 Å². The first-order chi connectivity index (χ1) is 8.54. The Bertz CT molecular complexity index is 413. The van der Waals surface area contributed by atoms with Crippen LogP contribution in [0.1, 0.15) is 31.0 Å². The summed E-state index contributed by atoms with van der Waals surface area (Å²) >= 11 is 1.56. The van der Waals surface area contributed by atoms with E-state index < -0.39 is 0 Å². The molecule has 0 aromatic carbocycles. The third-order valence-electron chi connectivity index (χ3n) is 2.50. The molecule has 0 saturated carbocycles. The molecule has 1 heterocycles. The summed E-state index contributed by atoms with van der Waals surface area (Å²) in [6.45, 7) is 6.55. The van der Waals surface area contributed by atoms with Crippen LogP contribution < -0.4 is 0 Å². The van der Waals surface area contributed by atoms with Gasteiger partial charge in [0.2, 0.25) is 5.91 Å². The molecule has 0 spiro atoms. The number of aliphatic hydroxyl groups is 1. The van der Waals surface area contributed by atoms with E-state index in [0.29, 0.717) is 13.0 Å². The molecule has 100 valence electrons. The van der Waals surface area contributed by atoms with Crippen LogP contribution in [0.3, 0.4) is 0 Å². The lowest BCUT2D eigenvalue weighted by molar-refractivity contribution is -0.127. The molecule has 0 fully saturated rings. The SMILES string of the molecule is Cc1nc(/C=C/C(=O)N(CCCO)C(C)C)cs1. The van der Waals surface area contributed by atoms with E-state index in [4.69, 9.17) is 5.11 Å². The minimum Gasteiger partial charge on any atom is -0.396 e. The molecule has 1 amide bonds. The minimum absolute atomic E-state index is 0.0379. The molecule has 0 aliphatic rings. The van der Waals surface area contributed by atoms with Crippen molar-refractivity contribution in [3.8, 4) is 0 Å². The predicted molar refractivity (Wildman–Crippen MR) is 74.4 cm³/mol. The normalized spacial score (nSPS) is 11.4. The lowest BCUT2D eigenvalue weighted by Gasteiger charge is -2.25. The maximum atomic E-state index is 12.0. The van der Waals surface area contributed by atoms with Crippen molar-refractivity contribution in [2.24, 2.45) is 0 Å². The van der Waals surface area contributed by atoms with Gasteiger partial charge in [-0.15, -0.1) is 11.3 Å². The number of aliphatic hydroxyl groups excluding tert-OH is 1. The van der Waals surface area contributed by atoms with Gasteiger partial charge in [0.15, 0.2) is 0 Å². The average Bonchev–Trinajstić information content (AvgIpc) is 2.72. The van der Waals surface area contributed by atoms with E-state index in [0.717, 1.165) is 10.7 Å². The molecule has 0 aliphatic heterocycles. The molecule has 4 nitrogen and oxygen atoms in total. The average molecular weight is 268 g/mol. The van der Waals surface area contributed by atoms with Crippen LogP contribution in [-0.4, -0.2) is 40.1 Å². The number of aromatic nitrogens is 1. The number of thiazole rings is 1. The largest absolute Gasteiger partial charge is 0.396 e. The fourth-order valence-corrected chi connectivity index (χ4v) is 2.15. The molecule has 0 bridgehead atoms. The highest BCUT2D eigenvalue weighted by Crippen LogP contribution is 2.10. The van der Waals surface area contributed by atoms with E-state index in [-0.39, 0.29) is 18.6 Å². The van der Waals surface area contributed by atoms with Gasteiger partial charge in [0, 0.05) is 30.6 Å². The summed E-state index contributed by atoms with van der Waals surface area (Å²) in [6.07, 6.45) is 3.89. The molecule has 0 radical (unpaired) electrons. The quantitative estimate of drug-likeness (QED) is 0.804. The molecule has 0 aliphatic carbocycles. The van der Waals surface area contributed by atoms with Gasteiger partial charge >= 0.3 is 0 Å². The first-order valence-corrected chi connectivity index (χ1v) is 6.94. The smallest absolute Gasteiger partial charge is 0.246 e. The number of hydrogen-bond acceptors (Lipinski definition) is 4. The van der Waals surface area contributed by atoms with Gasteiger partial charge in [-0.25, -0.2) is 4.98 Å². The third-order valence-corrected chi connectivity index (χ3v) is 3.29. The van der Waals surface area contributed by atoms with E-state index in [2.05, 4.69) is 4.98 Å². The molecule has 0 unspecified atom stereocenters. The molecule has 1 N–H and O–H groups in total. The van der Waals surface area contributed by atoms with Gasteiger partial charge in [-0.05, 0) is 33.3 Å². The first kappa shape index (κ1) is 14.9. The van der Waals surface area contributed by atoms with Gasteiger partial charge < -0.3 is 10.0 Å². The number of hydrogen-bond donors (Lipinski definition) is 1. The van der Waals surface area contributed by atoms with Crippen molar-refractivity contribution in [2.45, 2.75) is 33.2 Å². The van der Waals surface area contributed by atoms with Crippen LogP contribution >= 0.6 is 11.3 Å². The van der Waals surface area contributed by atoms with Crippen LogP contribution in [0.15, 0.2) is 11.5 Å². The Labute approximate surface area is 112 Å². The summed E-state index contributed by atoms with van der Waals surface area (Å²) in [5, 5.41) is 11.7. The fourth-order valence-electron chi connectivity index (χ4n) is 1.57. The van der Waals surface area contributed by atoms with Crippen LogP contribution in [0, 0.1) is 6.92 Å². The maximum Gasteiger partial charge on any atom is 0.246 e. The highest BCUT2D eigenvalue weighted by Gasteiger charge is 2.13. The second-order valence-electron chi connectivity index (χ2n) is 4.33. The Balaban J connectivity index is 2.63. The van der Waals surface area contributed by atoms with Crippen LogP contribution in [0.2, 0.25) is 0 Å². The third kappa shape index (κ3) is 4.58. The van der Waals surface area contributed by atoms with Crippen molar-refractivity contribution in [3.63, 3.8) is 0 Å². The summed E-state index contributed by atoms with van der Waals surface area (Å²) in [7, 11) is 0. The standard InChI is InChI=1S/C13H20N2O2S/c1-10(2)15(7-4-8-16)13(17)6-5-12-9-18-11(3)14-12/h5-6,9-10,16H,4,7-8H2,1-3H3/b6-5+. The second kappa shape index (κ2) is 7.28. The molecule has 0 atom stereocenters. The monoisotopic (exact) mass is 268 g/mol. The van der Waals surface area contributed by atoms with Gasteiger partial charge in [0.1, 0.15) is 0 Å². The van der Waals surface area contributed by atoms with Crippen LogP contribution in [-0.2, 0) is 4.79 Å². The summed E-state index contributed by atoms with van der Waals surface area (Å²) in [6, 6.07) is 0.130. The number of amides is 1. The van der Waals surface area contributed by atoms with Gasteiger partial charge in [-0.2, -0.15) is 0 Å². The summed E-state index contributed by atoms with van der Waals surface area (Å²) in [5.41, 5.74) is 0.816. The topological polar surface area (TPSA) is 53.4 Å². The summed E-state index contributed by atoms with van der Waals surface area (Å²) in [4.78, 5) is 18.0. The van der Waals surface area contributed by atoms with E-state index in [1.807, 2.05) is 26.2 Å². The van der Waals surface area contributed by atoms with Crippen molar-refractivity contribution in [2.75, 3.05) is 13.2 Å². The van der Waals surface area contributed by atoms with Gasteiger partial charge in [0.05, 0.1) is 10.7 Å². The maximum absolute atomic E-state index is 12.0. The Morgan fingerprint density at radius 1 is 1.61 bits per heavy atom. The van der Waals surface area contributed by atoms with Crippen molar-refractivity contribution in [3.05, 3.63) is 22.2 Å². The van der Waals surface area contributed by atoms with E-state index in [9.17, 15) is 4.79 Å². The molecule has 1 rings (SSSR count). The number of rotatable bonds is 6. The molecule has 1 aromatic rings. The van der Waals surface area contributed by atoms with Gasteiger partial charge in [-0.3, -0.25) is 4.79 Å². The van der Waals surface area contributed by atoms with Crippen LogP contribution in [0.5, 0.6) is 0 Å². The molecular formula is C13H20N2O2S. The Morgan fingerprint density at radius 2 is 2.33 bits per heavy atom. The van der Waals surface area contributed by atoms with Crippen molar-refractivity contribution in [1.82, 2.24) is 9.88 Å². The van der Waals surface area contributed by atoms with Crippen LogP contribution in [0.4, 0.5) is 0 Å². The van der Waals surface area contributed by atoms with E-state index in [1.165, 1.54) is 0 Å². The lowest BCUT2D eigenvalue weighted by Crippen LogP contribution is -2.36. The second-order valence-corrected chi connectivity index (χ2v) is 5.39. The van der Waals surface area contributed by atoms with E-state index in [1.54, 1.807) is 28.4 Å². The Kier molecular flexibility index (Phi) is 6.01. The Morgan fingerprint density at radius 3 is 2.83 bits per heavy atom. The van der Waals surface area contributed by atoms with Crippen LogP contribution in [0.25, 0.3) is 6.08 Å². The summed E-state index contributed by atoms with van der Waals surface area (Å²) in [5.74, 6) is -0.0379. The number of aryl methyl sites for hydroxylation is 1. The highest BCUT2D eigenvalue weighted by atomic mass is 32.1. The Hall–Kier alpha value is -1.20. The minimum atomic E-state index is -0.0379. The van der Waals surface area contributed by atoms with Gasteiger partial charge in [0.25, 0.3) is 0 Å². The number of carbonyl (C=O) groups is 1. The number of nitrogens with zero attached hydrogens (tertiary/aromatic N) is 2. The summed E-state index contributed by atoms with van der Waals surface area (Å²) < 4.78 is 0. The molecule has 1 aromatic heterocycles. The fraction of sp³-hybridized carbons (Fsp3) is 0.538. The zero-order valence-corrected chi connectivity index (χ0v) is 11.9. The van der Waals surface area contributed by atoms with Crippen molar-refractivity contribution >= 4 is 23.3 Å². The molecule has 5 heteroatoms. The predicted octanol–water partition coefficient (Wildman–Crippen LogP) is 2.08. The zero-order valence-electron chi connectivity index (χ0n) is 11.1. The highest BCUT2D eigenvalue weighted by molar-refractivity contribution is 7.09. The molecule has 18 heavy (non-hydrogen) atoms. The number of carbonyl (C=O) groups excluding carboxylic acids is 1. The molecule has 0 saturated heterocycles.